The quantitative estimate of drug-likeness (QED) is 0.624. The van der Waals surface area contributed by atoms with Crippen LogP contribution in [0.4, 0.5) is 11.4 Å². The molecular formula is C24H31NO. The third-order valence-corrected chi connectivity index (χ3v) is 6.00. The number of hydrogen-bond donors (Lipinski definition) is 1. The van der Waals surface area contributed by atoms with Gasteiger partial charge in [0.25, 0.3) is 0 Å². The van der Waals surface area contributed by atoms with Crippen molar-refractivity contribution in [2.24, 2.45) is 0 Å². The van der Waals surface area contributed by atoms with E-state index in [-0.39, 0.29) is 16.6 Å². The molecule has 0 amide bonds. The summed E-state index contributed by atoms with van der Waals surface area (Å²) in [6.07, 6.45) is 2.98. The highest BCUT2D eigenvalue weighted by Crippen LogP contribution is 2.47. The summed E-state index contributed by atoms with van der Waals surface area (Å²) < 4.78 is 0. The largest absolute Gasteiger partial charge is 0.355 e. The number of hydrogen-bond acceptors (Lipinski definition) is 2. The SMILES string of the molecule is CCC(=O)c1ccc(Nc2cc3c(cc2C)C(C)(C)CCC3(C)C)cc1. The van der Waals surface area contributed by atoms with Crippen molar-refractivity contribution in [3.63, 3.8) is 0 Å². The van der Waals surface area contributed by atoms with Crippen LogP contribution in [0.15, 0.2) is 36.4 Å². The molecule has 2 aromatic carbocycles. The predicted molar refractivity (Wildman–Crippen MR) is 111 cm³/mol. The number of carbonyl (C=O) groups is 1. The highest BCUT2D eigenvalue weighted by molar-refractivity contribution is 5.96. The third-order valence-electron chi connectivity index (χ3n) is 6.00. The highest BCUT2D eigenvalue weighted by Gasteiger charge is 2.37. The molecule has 0 unspecified atom stereocenters. The standard InChI is InChI=1S/C24H31NO/c1-7-22(26)17-8-10-18(11-9-17)25-21-15-20-19(14-16(21)2)23(3,4)12-13-24(20,5)6/h8-11,14-15,25H,7,12-13H2,1-6H3. The summed E-state index contributed by atoms with van der Waals surface area (Å²) in [5.74, 6) is 0.186. The molecule has 0 aliphatic heterocycles. The first-order valence-corrected chi connectivity index (χ1v) is 9.70. The van der Waals surface area contributed by atoms with Crippen LogP contribution in [0.25, 0.3) is 0 Å². The van der Waals surface area contributed by atoms with Gasteiger partial charge in [-0.25, -0.2) is 0 Å². The second-order valence-corrected chi connectivity index (χ2v) is 8.96. The van der Waals surface area contributed by atoms with Crippen molar-refractivity contribution in [3.05, 3.63) is 58.7 Å². The minimum absolute atomic E-state index is 0.186. The zero-order valence-electron chi connectivity index (χ0n) is 17.0. The number of aryl methyl sites for hydroxylation is 1. The van der Waals surface area contributed by atoms with E-state index >= 15 is 0 Å². The van der Waals surface area contributed by atoms with Crippen LogP contribution in [0.5, 0.6) is 0 Å². The Bertz CT molecular complexity index is 828. The average Bonchev–Trinajstić information content (AvgIpc) is 2.60. The number of ketones is 1. The number of nitrogens with one attached hydrogen (secondary N) is 1. The van der Waals surface area contributed by atoms with E-state index in [1.807, 2.05) is 31.2 Å². The molecule has 1 aliphatic rings. The minimum atomic E-state index is 0.186. The summed E-state index contributed by atoms with van der Waals surface area (Å²) in [6, 6.07) is 12.5. The van der Waals surface area contributed by atoms with Crippen LogP contribution in [-0.4, -0.2) is 5.78 Å². The number of Topliss-reactive ketones (excluding diaryl/α,β-unsaturated/α-hetero) is 1. The lowest BCUT2D eigenvalue weighted by Crippen LogP contribution is -2.34. The average molecular weight is 350 g/mol. The molecule has 1 N–H and O–H groups in total. The van der Waals surface area contributed by atoms with Crippen molar-refractivity contribution in [2.75, 3.05) is 5.32 Å². The molecule has 0 bridgehead atoms. The molecule has 138 valence electrons. The maximum Gasteiger partial charge on any atom is 0.162 e. The van der Waals surface area contributed by atoms with Gasteiger partial charge in [-0.2, -0.15) is 0 Å². The first-order chi connectivity index (χ1) is 12.1. The Morgan fingerprint density at radius 2 is 1.50 bits per heavy atom. The molecule has 2 heteroatoms. The predicted octanol–water partition coefficient (Wildman–Crippen LogP) is 6.68. The topological polar surface area (TPSA) is 29.1 Å². The van der Waals surface area contributed by atoms with Crippen LogP contribution >= 0.6 is 0 Å². The number of carbonyl (C=O) groups excluding carboxylic acids is 1. The van der Waals surface area contributed by atoms with Gasteiger partial charge in [0.1, 0.15) is 0 Å². The zero-order valence-corrected chi connectivity index (χ0v) is 17.0. The van der Waals surface area contributed by atoms with Gasteiger partial charge < -0.3 is 5.32 Å². The molecular weight excluding hydrogens is 318 g/mol. The first kappa shape index (κ1) is 18.7. The maximum absolute atomic E-state index is 11.8. The van der Waals surface area contributed by atoms with Crippen molar-refractivity contribution in [1.29, 1.82) is 0 Å². The van der Waals surface area contributed by atoms with Crippen LogP contribution in [0.3, 0.4) is 0 Å². The van der Waals surface area contributed by atoms with Gasteiger partial charge in [0, 0.05) is 23.4 Å². The smallest absolute Gasteiger partial charge is 0.162 e. The lowest BCUT2D eigenvalue weighted by molar-refractivity contribution is 0.0988. The van der Waals surface area contributed by atoms with Crippen LogP contribution in [0.2, 0.25) is 0 Å². The van der Waals surface area contributed by atoms with E-state index in [2.05, 4.69) is 52.1 Å². The Labute approximate surface area is 158 Å². The molecule has 0 spiro atoms. The molecule has 2 aromatic rings. The molecule has 0 aromatic heterocycles. The Morgan fingerprint density at radius 3 is 2.04 bits per heavy atom. The summed E-state index contributed by atoms with van der Waals surface area (Å²) in [5, 5.41) is 3.56. The summed E-state index contributed by atoms with van der Waals surface area (Å²) in [7, 11) is 0. The van der Waals surface area contributed by atoms with Crippen LogP contribution in [0.1, 0.15) is 80.9 Å². The Hall–Kier alpha value is -2.09. The maximum atomic E-state index is 11.8. The van der Waals surface area contributed by atoms with E-state index < -0.39 is 0 Å². The van der Waals surface area contributed by atoms with Gasteiger partial charge in [-0.15, -0.1) is 0 Å². The lowest BCUT2D eigenvalue weighted by atomic mass is 9.63. The van der Waals surface area contributed by atoms with E-state index in [1.165, 1.54) is 29.5 Å². The summed E-state index contributed by atoms with van der Waals surface area (Å²) in [4.78, 5) is 11.8. The molecule has 2 nitrogen and oxygen atoms in total. The summed E-state index contributed by atoms with van der Waals surface area (Å²) in [5.41, 5.74) is 7.60. The fourth-order valence-electron chi connectivity index (χ4n) is 3.96. The van der Waals surface area contributed by atoms with Crippen LogP contribution in [0, 0.1) is 6.92 Å². The van der Waals surface area contributed by atoms with Crippen molar-refractivity contribution >= 4 is 17.2 Å². The number of rotatable bonds is 4. The first-order valence-electron chi connectivity index (χ1n) is 9.70. The molecule has 1 aliphatic carbocycles. The number of benzene rings is 2. The minimum Gasteiger partial charge on any atom is -0.355 e. The molecule has 0 radical (unpaired) electrons. The fourth-order valence-corrected chi connectivity index (χ4v) is 3.96. The third kappa shape index (κ3) is 3.42. The molecule has 0 saturated carbocycles. The monoisotopic (exact) mass is 349 g/mol. The molecule has 0 saturated heterocycles. The van der Waals surface area contributed by atoms with Gasteiger partial charge in [0.2, 0.25) is 0 Å². The second kappa shape index (κ2) is 6.57. The second-order valence-electron chi connectivity index (χ2n) is 8.96. The number of anilines is 2. The normalized spacial score (nSPS) is 17.5. The molecule has 0 heterocycles. The van der Waals surface area contributed by atoms with Gasteiger partial charge in [-0.3, -0.25) is 4.79 Å². The van der Waals surface area contributed by atoms with Crippen LogP contribution < -0.4 is 5.32 Å². The lowest BCUT2D eigenvalue weighted by Gasteiger charge is -2.42. The molecule has 0 fully saturated rings. The Morgan fingerprint density at radius 1 is 0.962 bits per heavy atom. The van der Waals surface area contributed by atoms with Gasteiger partial charge in [0.15, 0.2) is 5.78 Å². The number of fused-ring (bicyclic) bond motifs is 1. The van der Waals surface area contributed by atoms with Crippen molar-refractivity contribution < 1.29 is 4.79 Å². The van der Waals surface area contributed by atoms with Gasteiger partial charge in [-0.1, -0.05) is 40.7 Å². The summed E-state index contributed by atoms with van der Waals surface area (Å²) >= 11 is 0. The zero-order chi connectivity index (χ0) is 19.1. The van der Waals surface area contributed by atoms with E-state index in [0.717, 1.165) is 16.9 Å². The highest BCUT2D eigenvalue weighted by atomic mass is 16.1. The van der Waals surface area contributed by atoms with Crippen molar-refractivity contribution in [1.82, 2.24) is 0 Å². The van der Waals surface area contributed by atoms with Gasteiger partial charge >= 0.3 is 0 Å². The molecule has 3 rings (SSSR count). The Balaban J connectivity index is 1.96. The van der Waals surface area contributed by atoms with Crippen molar-refractivity contribution in [3.8, 4) is 0 Å². The fraction of sp³-hybridized carbons (Fsp3) is 0.458. The molecule has 26 heavy (non-hydrogen) atoms. The van der Waals surface area contributed by atoms with Crippen LogP contribution in [-0.2, 0) is 10.8 Å². The Kier molecular flexibility index (Phi) is 4.72. The van der Waals surface area contributed by atoms with Gasteiger partial charge in [-0.05, 0) is 77.6 Å². The van der Waals surface area contributed by atoms with E-state index in [0.29, 0.717) is 6.42 Å². The van der Waals surface area contributed by atoms with Gasteiger partial charge in [0.05, 0.1) is 0 Å². The summed E-state index contributed by atoms with van der Waals surface area (Å²) in [6.45, 7) is 13.5. The van der Waals surface area contributed by atoms with E-state index in [4.69, 9.17) is 0 Å². The van der Waals surface area contributed by atoms with E-state index in [1.54, 1.807) is 0 Å². The molecule has 0 atom stereocenters. The van der Waals surface area contributed by atoms with E-state index in [9.17, 15) is 4.79 Å². The van der Waals surface area contributed by atoms with Crippen molar-refractivity contribution in [2.45, 2.75) is 71.6 Å².